The highest BCUT2D eigenvalue weighted by Gasteiger charge is 2.34. The first-order valence-electron chi connectivity index (χ1n) is 11.4. The maximum absolute atomic E-state index is 14.1. The summed E-state index contributed by atoms with van der Waals surface area (Å²) in [5, 5.41) is 11.9. The van der Waals surface area contributed by atoms with Gasteiger partial charge in [-0.05, 0) is 25.0 Å². The molecule has 1 aliphatic heterocycles. The third kappa shape index (κ3) is 4.32. The minimum atomic E-state index is -0.465. The summed E-state index contributed by atoms with van der Waals surface area (Å²) in [7, 11) is 1.86. The molecule has 3 heterocycles. The molecule has 1 aliphatic carbocycles. The number of carbonyl (C=O) groups excluding carboxylic acids is 1. The van der Waals surface area contributed by atoms with Gasteiger partial charge in [0.05, 0.1) is 29.5 Å². The Morgan fingerprint density at radius 2 is 2.00 bits per heavy atom. The number of halogens is 1. The summed E-state index contributed by atoms with van der Waals surface area (Å²) in [5.74, 6) is -1.14. The minimum Gasteiger partial charge on any atom is -0.323 e. The molecule has 2 aliphatic rings. The predicted molar refractivity (Wildman–Crippen MR) is 119 cm³/mol. The Morgan fingerprint density at radius 1 is 1.19 bits per heavy atom. The lowest BCUT2D eigenvalue weighted by atomic mass is 9.95. The summed E-state index contributed by atoms with van der Waals surface area (Å²) in [6.07, 6.45) is 12.3. The van der Waals surface area contributed by atoms with E-state index in [9.17, 15) is 9.18 Å². The van der Waals surface area contributed by atoms with Gasteiger partial charge in [-0.1, -0.05) is 31.4 Å². The van der Waals surface area contributed by atoms with Crippen LogP contribution in [0.5, 0.6) is 0 Å². The van der Waals surface area contributed by atoms with Gasteiger partial charge >= 0.3 is 0 Å². The van der Waals surface area contributed by atoms with Crippen LogP contribution in [0.1, 0.15) is 60.9 Å². The molecule has 0 radical (unpaired) electrons. The van der Waals surface area contributed by atoms with E-state index in [0.29, 0.717) is 19.1 Å². The Balaban J connectivity index is 1.32. The van der Waals surface area contributed by atoms with E-state index in [-0.39, 0.29) is 11.6 Å². The van der Waals surface area contributed by atoms with E-state index in [2.05, 4.69) is 31.3 Å². The Labute approximate surface area is 187 Å². The van der Waals surface area contributed by atoms with Crippen molar-refractivity contribution < 1.29 is 9.18 Å². The number of anilines is 1. The van der Waals surface area contributed by atoms with Crippen LogP contribution in [0, 0.1) is 5.82 Å². The van der Waals surface area contributed by atoms with E-state index in [1.165, 1.54) is 38.2 Å². The van der Waals surface area contributed by atoms with Crippen LogP contribution in [0.15, 0.2) is 42.9 Å². The van der Waals surface area contributed by atoms with E-state index < -0.39 is 11.7 Å². The highest BCUT2D eigenvalue weighted by Crippen LogP contribution is 2.31. The number of fused-ring (bicyclic) bond motifs is 1. The van der Waals surface area contributed by atoms with Gasteiger partial charge in [-0.25, -0.2) is 4.39 Å². The molecule has 32 heavy (non-hydrogen) atoms. The maximum Gasteiger partial charge on any atom is 0.234 e. The molecule has 168 valence electrons. The minimum absolute atomic E-state index is 0.195. The number of nitrogens with one attached hydrogen (secondary N) is 1. The zero-order chi connectivity index (χ0) is 22.1. The van der Waals surface area contributed by atoms with Crippen molar-refractivity contribution in [3.8, 4) is 0 Å². The van der Waals surface area contributed by atoms with Crippen molar-refractivity contribution in [2.45, 2.75) is 57.2 Å². The molecule has 8 heteroatoms. The molecule has 1 fully saturated rings. The number of aryl methyl sites for hydroxylation is 1. The van der Waals surface area contributed by atoms with E-state index >= 15 is 0 Å². The van der Waals surface area contributed by atoms with Crippen molar-refractivity contribution in [1.82, 2.24) is 24.5 Å². The van der Waals surface area contributed by atoms with Crippen molar-refractivity contribution in [3.05, 3.63) is 65.5 Å². The number of amides is 1. The Hall–Kier alpha value is -3.00. The Morgan fingerprint density at radius 3 is 2.81 bits per heavy atom. The lowest BCUT2D eigenvalue weighted by Crippen LogP contribution is -2.38. The number of nitrogens with zero attached hydrogens (tertiary/aromatic N) is 5. The highest BCUT2D eigenvalue weighted by molar-refractivity contribution is 5.96. The smallest absolute Gasteiger partial charge is 0.234 e. The van der Waals surface area contributed by atoms with Crippen LogP contribution in [-0.4, -0.2) is 36.9 Å². The quantitative estimate of drug-likeness (QED) is 0.657. The van der Waals surface area contributed by atoms with Gasteiger partial charge in [-0.15, -0.1) is 0 Å². The van der Waals surface area contributed by atoms with Crippen molar-refractivity contribution in [1.29, 1.82) is 0 Å². The first-order chi connectivity index (χ1) is 15.6. The lowest BCUT2D eigenvalue weighted by Gasteiger charge is -2.31. The Kier molecular flexibility index (Phi) is 5.78. The van der Waals surface area contributed by atoms with Crippen molar-refractivity contribution in [3.63, 3.8) is 0 Å². The second kappa shape index (κ2) is 8.86. The molecular formula is C24H29FN6O. The van der Waals surface area contributed by atoms with Gasteiger partial charge in [-0.2, -0.15) is 10.2 Å². The van der Waals surface area contributed by atoms with Crippen LogP contribution < -0.4 is 5.32 Å². The summed E-state index contributed by atoms with van der Waals surface area (Å²) in [5.41, 5.74) is 3.15. The molecule has 1 aromatic carbocycles. The number of hydrogen-bond acceptors (Lipinski definition) is 4. The zero-order valence-electron chi connectivity index (χ0n) is 18.4. The molecule has 3 aromatic rings. The van der Waals surface area contributed by atoms with Gasteiger partial charge < -0.3 is 5.32 Å². The second-order valence-corrected chi connectivity index (χ2v) is 9.02. The zero-order valence-corrected chi connectivity index (χ0v) is 18.4. The van der Waals surface area contributed by atoms with Crippen LogP contribution in [-0.2, 0) is 24.9 Å². The fourth-order valence-corrected chi connectivity index (χ4v) is 4.99. The van der Waals surface area contributed by atoms with Crippen molar-refractivity contribution >= 4 is 11.6 Å². The molecule has 1 N–H and O–H groups in total. The van der Waals surface area contributed by atoms with Gasteiger partial charge in [0.2, 0.25) is 5.91 Å². The summed E-state index contributed by atoms with van der Waals surface area (Å²) in [6, 6.07) is 6.74. The van der Waals surface area contributed by atoms with E-state index in [1.54, 1.807) is 22.9 Å². The highest BCUT2D eigenvalue weighted by atomic mass is 19.1. The molecule has 0 spiro atoms. The van der Waals surface area contributed by atoms with Crippen LogP contribution in [0.4, 0.5) is 10.1 Å². The predicted octanol–water partition coefficient (Wildman–Crippen LogP) is 4.00. The fraction of sp³-hybridized carbons (Fsp3) is 0.458. The first-order valence-corrected chi connectivity index (χ1v) is 11.4. The number of carbonyl (C=O) groups is 1. The summed E-state index contributed by atoms with van der Waals surface area (Å²) in [4.78, 5) is 15.4. The van der Waals surface area contributed by atoms with Crippen molar-refractivity contribution in [2.24, 2.45) is 7.05 Å². The van der Waals surface area contributed by atoms with Crippen LogP contribution >= 0.6 is 0 Å². The van der Waals surface area contributed by atoms with Gasteiger partial charge in [0.25, 0.3) is 0 Å². The van der Waals surface area contributed by atoms with E-state index in [1.807, 2.05) is 19.4 Å². The average Bonchev–Trinajstić information content (AvgIpc) is 3.41. The molecule has 1 amide bonds. The number of benzene rings is 1. The normalized spacial score (nSPS) is 19.6. The maximum atomic E-state index is 14.1. The molecule has 0 bridgehead atoms. The second-order valence-electron chi connectivity index (χ2n) is 9.02. The van der Waals surface area contributed by atoms with E-state index in [4.69, 9.17) is 0 Å². The summed E-state index contributed by atoms with van der Waals surface area (Å²) >= 11 is 0. The fourth-order valence-electron chi connectivity index (χ4n) is 4.99. The molecule has 0 saturated heterocycles. The molecule has 1 saturated carbocycles. The number of aromatic nitrogens is 4. The Bertz CT molecular complexity index is 1100. The van der Waals surface area contributed by atoms with Gasteiger partial charge in [-0.3, -0.25) is 19.1 Å². The topological polar surface area (TPSA) is 68.0 Å². The number of rotatable bonds is 5. The van der Waals surface area contributed by atoms with Crippen molar-refractivity contribution in [2.75, 3.05) is 11.9 Å². The summed E-state index contributed by atoms with van der Waals surface area (Å²) in [6.45, 7) is 1.96. The molecule has 1 atom stereocenters. The standard InChI is InChI=1S/C24H29FN6O/c1-29-14-18-15-30(12-17-11-26-31(13-17)19-7-3-2-4-8-19)16-20(23(18)28-29)24(32)27-22-10-6-5-9-21(22)25/h5-6,9-11,13-14,19-20H,2-4,7-8,12,15-16H2,1H3,(H,27,32). The third-order valence-electron chi connectivity index (χ3n) is 6.56. The number of hydrogen-bond donors (Lipinski definition) is 1. The van der Waals surface area contributed by atoms with Gasteiger partial charge in [0, 0.05) is 50.2 Å². The average molecular weight is 437 g/mol. The first kappa shape index (κ1) is 20.9. The molecular weight excluding hydrogens is 407 g/mol. The SMILES string of the molecule is Cn1cc2c(n1)C(C(=O)Nc1ccccc1F)CN(Cc1cnn(C3CCCCC3)c1)C2. The largest absolute Gasteiger partial charge is 0.323 e. The van der Waals surface area contributed by atoms with Gasteiger partial charge in [0.15, 0.2) is 0 Å². The monoisotopic (exact) mass is 436 g/mol. The molecule has 1 unspecified atom stereocenters. The molecule has 7 nitrogen and oxygen atoms in total. The van der Waals surface area contributed by atoms with E-state index in [0.717, 1.165) is 23.4 Å². The molecule has 2 aromatic heterocycles. The summed E-state index contributed by atoms with van der Waals surface area (Å²) < 4.78 is 18.0. The van der Waals surface area contributed by atoms with Crippen LogP contribution in [0.2, 0.25) is 0 Å². The third-order valence-corrected chi connectivity index (χ3v) is 6.56. The molecule has 5 rings (SSSR count). The lowest BCUT2D eigenvalue weighted by molar-refractivity contribution is -0.118. The van der Waals surface area contributed by atoms with Crippen LogP contribution in [0.3, 0.4) is 0 Å². The van der Waals surface area contributed by atoms with Gasteiger partial charge in [0.1, 0.15) is 5.82 Å². The number of para-hydroxylation sites is 1. The van der Waals surface area contributed by atoms with Crippen LogP contribution in [0.25, 0.3) is 0 Å².